The van der Waals surface area contributed by atoms with Gasteiger partial charge in [0.25, 0.3) is 0 Å². The number of halogens is 2. The smallest absolute Gasteiger partial charge is 0.0311 e. The van der Waals surface area contributed by atoms with Gasteiger partial charge in [-0.1, -0.05) is 0 Å². The number of nitrogens with zero attached hydrogens (tertiary/aromatic N) is 3. The van der Waals surface area contributed by atoms with Crippen molar-refractivity contribution in [3.8, 4) is 11.5 Å². The number of hydrogen-bond donors (Lipinski definition) is 0. The number of ether oxygens (including phenoxy) is 2. The molecule has 3 rings (SSSR count). The number of aryl methyl sites for hydroxylation is 1. The Kier molecular flexibility index (Phi) is 8.29. The second-order valence-electron chi connectivity index (χ2n) is 5.46. The van der Waals surface area contributed by atoms with Crippen molar-refractivity contribution in [2.45, 2.75) is 25.4 Å². The molecule has 1 aliphatic rings. The third-order valence-corrected chi connectivity index (χ3v) is 6.61. The van der Waals surface area contributed by atoms with Gasteiger partial charge in [0.15, 0.2) is 0 Å². The van der Waals surface area contributed by atoms with E-state index in [1.165, 1.54) is 22.2 Å². The van der Waals surface area contributed by atoms with Crippen LogP contribution in [0.3, 0.4) is 0 Å². The van der Waals surface area contributed by atoms with Crippen LogP contribution in [0.25, 0.3) is 0 Å². The van der Waals surface area contributed by atoms with Gasteiger partial charge in [0.1, 0.15) is 0 Å². The number of imidazole rings is 1. The Hall–Kier alpha value is 0.138. The van der Waals surface area contributed by atoms with E-state index in [0.717, 1.165) is 24.1 Å². The van der Waals surface area contributed by atoms with Crippen LogP contribution in [0.15, 0.2) is 30.6 Å². The van der Waals surface area contributed by atoms with Crippen LogP contribution in [-0.2, 0) is 32.9 Å². The van der Waals surface area contributed by atoms with Crippen molar-refractivity contribution in [1.82, 2.24) is 10.5 Å². The quantitative estimate of drug-likeness (QED) is 0.343. The van der Waals surface area contributed by atoms with E-state index < -0.39 is 0 Å². The van der Waals surface area contributed by atoms with E-state index in [9.17, 15) is 0 Å². The Bertz CT molecular complexity index is 726. The van der Waals surface area contributed by atoms with Gasteiger partial charge in [-0.3, -0.25) is 0 Å². The summed E-state index contributed by atoms with van der Waals surface area (Å²) in [5, 5.41) is 0. The largest absolute Gasteiger partial charge is 0.185 e. The number of rotatable bonds is 5. The van der Waals surface area contributed by atoms with Crippen LogP contribution in [0, 0.1) is 3.80 Å². The molecular weight excluding hydrogens is 715 g/mol. The molecule has 2 aromatic rings. The van der Waals surface area contributed by atoms with Crippen molar-refractivity contribution in [2.24, 2.45) is 7.05 Å². The molecule has 0 N–H and O–H groups in total. The van der Waals surface area contributed by atoms with E-state index in [0.29, 0.717) is 0 Å². The number of benzene rings is 1. The van der Waals surface area contributed by atoms with E-state index in [1.54, 1.807) is 14.2 Å². The summed E-state index contributed by atoms with van der Waals surface area (Å²) in [5.41, 5.74) is 1.18. The normalized spacial score (nSPS) is 13.5. The van der Waals surface area contributed by atoms with Crippen molar-refractivity contribution in [3.63, 3.8) is 0 Å². The van der Waals surface area contributed by atoms with Gasteiger partial charge < -0.3 is 0 Å². The minimum absolute atomic E-state index is 0.758. The minimum Gasteiger partial charge on any atom is -0.185 e. The molecule has 0 radical (unpaired) electrons. The SMILES string of the molecule is COc1ccc(Cn2ccn(C)[c]2=[Pt])cc1OC.IN(I)C1CC1. The number of aromatic nitrogens is 2. The van der Waals surface area contributed by atoms with Gasteiger partial charge in [-0.15, -0.1) is 0 Å². The van der Waals surface area contributed by atoms with E-state index >= 15 is 0 Å². The second kappa shape index (κ2) is 9.73. The van der Waals surface area contributed by atoms with Crippen LogP contribution in [0.2, 0.25) is 0 Å². The maximum absolute atomic E-state index is 5.31. The predicted molar refractivity (Wildman–Crippen MR) is 108 cm³/mol. The van der Waals surface area contributed by atoms with Crippen molar-refractivity contribution >= 4 is 45.7 Å². The summed E-state index contributed by atoms with van der Waals surface area (Å²) < 4.78 is 18.2. The fourth-order valence-electron chi connectivity index (χ4n) is 2.06. The average molecular weight is 736 g/mol. The summed E-state index contributed by atoms with van der Waals surface area (Å²) in [6.07, 6.45) is 6.93. The van der Waals surface area contributed by atoms with Crippen LogP contribution in [-0.4, -0.2) is 30.7 Å². The summed E-state index contributed by atoms with van der Waals surface area (Å²) in [4.78, 5) is 0. The van der Waals surface area contributed by atoms with Crippen LogP contribution in [0.4, 0.5) is 0 Å². The fourth-order valence-corrected chi connectivity index (χ4v) is 3.69. The summed E-state index contributed by atoms with van der Waals surface area (Å²) in [6.45, 7) is 0.819. The summed E-state index contributed by atoms with van der Waals surface area (Å²) in [6, 6.07) is 6.91. The molecule has 0 bridgehead atoms. The molecule has 0 unspecified atom stereocenters. The molecule has 0 amide bonds. The predicted octanol–water partition coefficient (Wildman–Crippen LogP) is 4.12. The van der Waals surface area contributed by atoms with Crippen LogP contribution in [0.5, 0.6) is 11.5 Å². The summed E-state index contributed by atoms with van der Waals surface area (Å²) in [5.74, 6) is 1.52. The Labute approximate surface area is 181 Å². The van der Waals surface area contributed by atoms with Gasteiger partial charge >= 0.3 is 117 Å². The first kappa shape index (κ1) is 20.5. The topological polar surface area (TPSA) is 31.6 Å². The maximum atomic E-state index is 5.31. The molecule has 1 heterocycles. The molecular formula is C16H21I2N3O2Pt. The molecule has 0 spiro atoms. The molecule has 5 nitrogen and oxygen atoms in total. The van der Waals surface area contributed by atoms with E-state index in [-0.39, 0.29) is 0 Å². The molecule has 0 saturated heterocycles. The molecule has 1 fully saturated rings. The van der Waals surface area contributed by atoms with Crippen molar-refractivity contribution in [1.29, 1.82) is 0 Å². The zero-order valence-corrected chi connectivity index (χ0v) is 20.4. The van der Waals surface area contributed by atoms with Gasteiger partial charge in [-0.05, 0) is 12.8 Å². The fraction of sp³-hybridized carbons (Fsp3) is 0.438. The third-order valence-electron chi connectivity index (χ3n) is 3.58. The summed E-state index contributed by atoms with van der Waals surface area (Å²) >= 11 is 6.94. The first-order chi connectivity index (χ1) is 11.5. The van der Waals surface area contributed by atoms with Crippen LogP contribution in [0.1, 0.15) is 18.4 Å². The zero-order valence-electron chi connectivity index (χ0n) is 13.8. The third kappa shape index (κ3) is 5.85. The molecule has 136 valence electrons. The molecule has 1 saturated carbocycles. The van der Waals surface area contributed by atoms with Crippen molar-refractivity contribution in [3.05, 3.63) is 40.0 Å². The van der Waals surface area contributed by atoms with E-state index in [4.69, 9.17) is 9.47 Å². The molecule has 8 heteroatoms. The van der Waals surface area contributed by atoms with Crippen LogP contribution < -0.4 is 9.47 Å². The standard InChI is InChI=1S/C13H16N2O2.C3H5I2N.Pt/c1-14-6-7-15(10-14)9-11-4-5-12(16-2)13(8-11)17-3;4-6(5)3-1-2-3;/h4-8H,9H2,1-3H3;3H,1-2H2;. The van der Waals surface area contributed by atoms with Crippen LogP contribution >= 0.6 is 45.7 Å². The Morgan fingerprint density at radius 1 is 1.17 bits per heavy atom. The van der Waals surface area contributed by atoms with Gasteiger partial charge in [0, 0.05) is 51.8 Å². The maximum Gasteiger partial charge on any atom is 0.0311 e. The molecule has 1 aromatic heterocycles. The van der Waals surface area contributed by atoms with E-state index in [1.807, 2.05) is 25.4 Å². The number of hydrogen-bond acceptors (Lipinski definition) is 3. The molecule has 0 atom stereocenters. The van der Waals surface area contributed by atoms with Gasteiger partial charge in [-0.25, -0.2) is 0 Å². The average Bonchev–Trinajstić information content (AvgIpc) is 3.39. The minimum atomic E-state index is 0.758. The van der Waals surface area contributed by atoms with Crippen molar-refractivity contribution in [2.75, 3.05) is 14.2 Å². The van der Waals surface area contributed by atoms with Gasteiger partial charge in [0.2, 0.25) is 0 Å². The molecule has 24 heavy (non-hydrogen) atoms. The van der Waals surface area contributed by atoms with Gasteiger partial charge in [-0.2, -0.15) is 1.33 Å². The van der Waals surface area contributed by atoms with E-state index in [2.05, 4.69) is 87.8 Å². The second-order valence-corrected chi connectivity index (χ2v) is 10.4. The Morgan fingerprint density at radius 2 is 1.83 bits per heavy atom. The van der Waals surface area contributed by atoms with Gasteiger partial charge in [0.05, 0.1) is 0 Å². The Morgan fingerprint density at radius 3 is 2.25 bits per heavy atom. The number of methoxy groups -OCH3 is 2. The molecule has 1 aromatic carbocycles. The Balaban J connectivity index is 0.000000292. The first-order valence-electron chi connectivity index (χ1n) is 7.45. The zero-order chi connectivity index (χ0) is 17.7. The summed E-state index contributed by atoms with van der Waals surface area (Å²) in [7, 11) is 5.33. The monoisotopic (exact) mass is 736 g/mol. The molecule has 0 aliphatic heterocycles. The molecule has 1 aliphatic carbocycles. The first-order valence-corrected chi connectivity index (χ1v) is 10.5. The van der Waals surface area contributed by atoms with Crippen molar-refractivity contribution < 1.29 is 28.8 Å².